The molecule has 0 spiro atoms. The molecule has 0 radical (unpaired) electrons. The smallest absolute Gasteiger partial charge is 0.150 e. The average molecular weight is 226 g/mol. The second-order valence-electron chi connectivity index (χ2n) is 4.31. The Kier molecular flexibility index (Phi) is 3.10. The molecule has 1 aliphatic rings. The summed E-state index contributed by atoms with van der Waals surface area (Å²) in [6.07, 6.45) is 4.56. The predicted molar refractivity (Wildman–Crippen MR) is 62.4 cm³/mol. The fourth-order valence-electron chi connectivity index (χ4n) is 2.16. The third-order valence-electron chi connectivity index (χ3n) is 2.76. The van der Waals surface area contributed by atoms with Crippen molar-refractivity contribution in [1.82, 2.24) is 9.97 Å². The fraction of sp³-hybridized carbons (Fsp3) is 0.636. The molecule has 0 bridgehead atoms. The maximum atomic E-state index is 6.22. The number of anilines is 1. The van der Waals surface area contributed by atoms with Crippen molar-refractivity contribution in [3.63, 3.8) is 0 Å². The first-order valence-electron chi connectivity index (χ1n) is 5.33. The summed E-state index contributed by atoms with van der Waals surface area (Å²) in [5.41, 5.74) is 0.982. The number of alkyl halides is 1. The Balaban J connectivity index is 2.20. The van der Waals surface area contributed by atoms with Gasteiger partial charge in [0.25, 0.3) is 0 Å². The summed E-state index contributed by atoms with van der Waals surface area (Å²) in [5.74, 6) is 1.61. The Labute approximate surface area is 95.5 Å². The van der Waals surface area contributed by atoms with Crippen molar-refractivity contribution in [2.24, 2.45) is 5.92 Å². The summed E-state index contributed by atoms with van der Waals surface area (Å²) in [4.78, 5) is 10.9. The van der Waals surface area contributed by atoms with Gasteiger partial charge >= 0.3 is 0 Å². The number of halogens is 1. The molecule has 2 unspecified atom stereocenters. The summed E-state index contributed by atoms with van der Waals surface area (Å²) in [6, 6.07) is 0. The molecular weight excluding hydrogens is 210 g/mol. The molecule has 1 aromatic heterocycles. The van der Waals surface area contributed by atoms with Crippen LogP contribution in [0, 0.1) is 12.8 Å². The highest BCUT2D eigenvalue weighted by Crippen LogP contribution is 2.25. The van der Waals surface area contributed by atoms with Crippen LogP contribution in [-0.2, 0) is 0 Å². The summed E-state index contributed by atoms with van der Waals surface area (Å²) < 4.78 is 0. The Bertz CT molecular complexity index is 332. The third kappa shape index (κ3) is 2.40. The Morgan fingerprint density at radius 3 is 2.73 bits per heavy atom. The minimum Gasteiger partial charge on any atom is -0.353 e. The van der Waals surface area contributed by atoms with Crippen LogP contribution >= 0.6 is 11.6 Å². The van der Waals surface area contributed by atoms with Crippen molar-refractivity contribution in [3.05, 3.63) is 18.1 Å². The topological polar surface area (TPSA) is 29.0 Å². The molecule has 15 heavy (non-hydrogen) atoms. The van der Waals surface area contributed by atoms with Crippen molar-refractivity contribution in [2.45, 2.75) is 25.6 Å². The molecule has 3 nitrogen and oxygen atoms in total. The van der Waals surface area contributed by atoms with E-state index in [1.807, 2.05) is 6.92 Å². The maximum absolute atomic E-state index is 6.22. The van der Waals surface area contributed by atoms with Gasteiger partial charge in [0.1, 0.15) is 5.82 Å². The normalized spacial score (nSPS) is 26.7. The lowest BCUT2D eigenvalue weighted by Crippen LogP contribution is -2.41. The summed E-state index contributed by atoms with van der Waals surface area (Å²) in [7, 11) is 0. The third-order valence-corrected chi connectivity index (χ3v) is 3.08. The van der Waals surface area contributed by atoms with E-state index in [-0.39, 0.29) is 5.38 Å². The van der Waals surface area contributed by atoms with Crippen LogP contribution in [0.2, 0.25) is 0 Å². The highest BCUT2D eigenvalue weighted by Gasteiger charge is 2.24. The predicted octanol–water partition coefficient (Wildman–Crippen LogP) is 2.24. The number of aryl methyl sites for hydroxylation is 1. The van der Waals surface area contributed by atoms with Gasteiger partial charge in [-0.05, 0) is 19.3 Å². The highest BCUT2D eigenvalue weighted by molar-refractivity contribution is 6.21. The van der Waals surface area contributed by atoms with E-state index >= 15 is 0 Å². The van der Waals surface area contributed by atoms with Crippen LogP contribution in [0.1, 0.15) is 19.0 Å². The first-order chi connectivity index (χ1) is 7.16. The number of nitrogens with zero attached hydrogens (tertiary/aromatic N) is 3. The van der Waals surface area contributed by atoms with Gasteiger partial charge in [-0.25, -0.2) is 4.98 Å². The van der Waals surface area contributed by atoms with E-state index in [4.69, 9.17) is 11.6 Å². The second-order valence-corrected chi connectivity index (χ2v) is 4.93. The Morgan fingerprint density at radius 1 is 1.33 bits per heavy atom. The van der Waals surface area contributed by atoms with Gasteiger partial charge in [0.15, 0.2) is 0 Å². The minimum atomic E-state index is 0.232. The number of hydrogen-bond donors (Lipinski definition) is 0. The second kappa shape index (κ2) is 4.35. The maximum Gasteiger partial charge on any atom is 0.150 e. The first kappa shape index (κ1) is 10.7. The van der Waals surface area contributed by atoms with E-state index in [9.17, 15) is 0 Å². The zero-order valence-electron chi connectivity index (χ0n) is 9.15. The molecule has 1 aromatic rings. The number of aromatic nitrogens is 2. The summed E-state index contributed by atoms with van der Waals surface area (Å²) >= 11 is 6.22. The van der Waals surface area contributed by atoms with Crippen LogP contribution in [0.15, 0.2) is 12.4 Å². The van der Waals surface area contributed by atoms with Gasteiger partial charge < -0.3 is 4.90 Å². The van der Waals surface area contributed by atoms with Crippen molar-refractivity contribution in [3.8, 4) is 0 Å². The van der Waals surface area contributed by atoms with Crippen molar-refractivity contribution in [1.29, 1.82) is 0 Å². The van der Waals surface area contributed by atoms with Gasteiger partial charge in [0.2, 0.25) is 0 Å². The van der Waals surface area contributed by atoms with Crippen LogP contribution in [0.4, 0.5) is 5.82 Å². The molecule has 0 aromatic carbocycles. The van der Waals surface area contributed by atoms with Gasteiger partial charge in [-0.3, -0.25) is 4.98 Å². The molecule has 0 amide bonds. The minimum absolute atomic E-state index is 0.232. The molecule has 1 aliphatic heterocycles. The fourth-order valence-corrected chi connectivity index (χ4v) is 2.63. The molecule has 0 saturated carbocycles. The SMILES string of the molecule is Cc1nccnc1N1CC(C)CC(Cl)C1. The molecule has 1 fully saturated rings. The standard InChI is InChI=1S/C11H16ClN3/c1-8-5-10(12)7-15(6-8)11-9(2)13-3-4-14-11/h3-4,8,10H,5-7H2,1-2H3. The highest BCUT2D eigenvalue weighted by atomic mass is 35.5. The molecule has 82 valence electrons. The number of piperidine rings is 1. The van der Waals surface area contributed by atoms with Crippen LogP contribution in [-0.4, -0.2) is 28.4 Å². The van der Waals surface area contributed by atoms with Gasteiger partial charge in [-0.1, -0.05) is 6.92 Å². The largest absolute Gasteiger partial charge is 0.353 e. The van der Waals surface area contributed by atoms with Crippen molar-refractivity contribution < 1.29 is 0 Å². The van der Waals surface area contributed by atoms with E-state index in [1.54, 1.807) is 12.4 Å². The Hall–Kier alpha value is -0.830. The van der Waals surface area contributed by atoms with Crippen molar-refractivity contribution in [2.75, 3.05) is 18.0 Å². The van der Waals surface area contributed by atoms with E-state index < -0.39 is 0 Å². The quantitative estimate of drug-likeness (QED) is 0.687. The molecule has 2 rings (SSSR count). The van der Waals surface area contributed by atoms with Gasteiger partial charge in [0, 0.05) is 25.5 Å². The van der Waals surface area contributed by atoms with E-state index in [0.717, 1.165) is 31.0 Å². The lowest BCUT2D eigenvalue weighted by molar-refractivity contribution is 0.449. The molecule has 1 saturated heterocycles. The molecule has 0 N–H and O–H groups in total. The van der Waals surface area contributed by atoms with Crippen LogP contribution in [0.5, 0.6) is 0 Å². The summed E-state index contributed by atoms with van der Waals surface area (Å²) in [6.45, 7) is 6.13. The van der Waals surface area contributed by atoms with E-state index in [0.29, 0.717) is 5.92 Å². The van der Waals surface area contributed by atoms with Gasteiger partial charge in [0.05, 0.1) is 11.1 Å². The Morgan fingerprint density at radius 2 is 2.07 bits per heavy atom. The van der Waals surface area contributed by atoms with Crippen LogP contribution < -0.4 is 4.90 Å². The van der Waals surface area contributed by atoms with Crippen LogP contribution in [0.25, 0.3) is 0 Å². The molecular formula is C11H16ClN3. The molecule has 2 heterocycles. The lowest BCUT2D eigenvalue weighted by Gasteiger charge is -2.35. The zero-order valence-corrected chi connectivity index (χ0v) is 9.91. The van der Waals surface area contributed by atoms with Gasteiger partial charge in [-0.15, -0.1) is 11.6 Å². The lowest BCUT2D eigenvalue weighted by atomic mass is 10.00. The van der Waals surface area contributed by atoms with Crippen LogP contribution in [0.3, 0.4) is 0 Å². The number of hydrogen-bond acceptors (Lipinski definition) is 3. The molecule has 2 atom stereocenters. The van der Waals surface area contributed by atoms with Gasteiger partial charge in [-0.2, -0.15) is 0 Å². The molecule has 0 aliphatic carbocycles. The molecule has 4 heteroatoms. The average Bonchev–Trinajstić information content (AvgIpc) is 2.16. The monoisotopic (exact) mass is 225 g/mol. The summed E-state index contributed by atoms with van der Waals surface area (Å²) in [5, 5.41) is 0.232. The van der Waals surface area contributed by atoms with E-state index in [2.05, 4.69) is 21.8 Å². The van der Waals surface area contributed by atoms with Crippen molar-refractivity contribution >= 4 is 17.4 Å². The zero-order chi connectivity index (χ0) is 10.8. The van der Waals surface area contributed by atoms with E-state index in [1.165, 1.54) is 0 Å². The first-order valence-corrected chi connectivity index (χ1v) is 5.77. The number of rotatable bonds is 1.